The van der Waals surface area contributed by atoms with Gasteiger partial charge in [-0.15, -0.1) is 0 Å². The quantitative estimate of drug-likeness (QED) is 0.566. The van der Waals surface area contributed by atoms with Gasteiger partial charge in [0.05, 0.1) is 11.6 Å². The molecular formula is C8H17NO2. The molecule has 0 aliphatic carbocycles. The zero-order chi connectivity index (χ0) is 9.07. The smallest absolute Gasteiger partial charge is 0.178 e. The standard InChI is InChI=1S/C6H11NO2.C2H6/c1-6(2)5(7)4(8)3-9-6;1-2/h5H,3,7H2,1-2H3;1-2H3. The lowest BCUT2D eigenvalue weighted by Crippen LogP contribution is -2.42. The second-order valence-corrected chi connectivity index (χ2v) is 2.84. The first-order valence-corrected chi connectivity index (χ1v) is 3.96. The predicted octanol–water partition coefficient (Wildman–Crippen LogP) is 0.718. The highest BCUT2D eigenvalue weighted by atomic mass is 16.5. The Morgan fingerprint density at radius 1 is 1.55 bits per heavy atom. The van der Waals surface area contributed by atoms with E-state index in [0.717, 1.165) is 0 Å². The van der Waals surface area contributed by atoms with Crippen molar-refractivity contribution in [2.24, 2.45) is 5.73 Å². The number of nitrogens with two attached hydrogens (primary N) is 1. The van der Waals surface area contributed by atoms with E-state index in [1.54, 1.807) is 0 Å². The first-order chi connectivity index (χ1) is 5.04. The van der Waals surface area contributed by atoms with Crippen LogP contribution in [0.2, 0.25) is 0 Å². The molecule has 0 saturated carbocycles. The van der Waals surface area contributed by atoms with Gasteiger partial charge in [0.1, 0.15) is 6.61 Å². The Balaban J connectivity index is 0.000000461. The van der Waals surface area contributed by atoms with Gasteiger partial charge in [0.25, 0.3) is 0 Å². The molecule has 1 atom stereocenters. The summed E-state index contributed by atoms with van der Waals surface area (Å²) < 4.78 is 5.09. The molecule has 11 heavy (non-hydrogen) atoms. The zero-order valence-electron chi connectivity index (χ0n) is 7.68. The van der Waals surface area contributed by atoms with Crippen LogP contribution in [0.5, 0.6) is 0 Å². The average Bonchev–Trinajstić information content (AvgIpc) is 2.21. The van der Waals surface area contributed by atoms with Crippen LogP contribution < -0.4 is 5.73 Å². The maximum absolute atomic E-state index is 10.7. The van der Waals surface area contributed by atoms with Crippen LogP contribution in [-0.4, -0.2) is 24.0 Å². The molecule has 3 nitrogen and oxygen atoms in total. The van der Waals surface area contributed by atoms with E-state index in [4.69, 9.17) is 10.5 Å². The lowest BCUT2D eigenvalue weighted by Gasteiger charge is -2.19. The van der Waals surface area contributed by atoms with Gasteiger partial charge in [-0.1, -0.05) is 13.8 Å². The molecule has 1 aliphatic rings. The highest BCUT2D eigenvalue weighted by Gasteiger charge is 2.39. The van der Waals surface area contributed by atoms with Crippen LogP contribution in [0.3, 0.4) is 0 Å². The molecule has 0 bridgehead atoms. The highest BCUT2D eigenvalue weighted by molar-refractivity contribution is 5.88. The lowest BCUT2D eigenvalue weighted by atomic mass is 10.00. The van der Waals surface area contributed by atoms with Gasteiger partial charge in [-0.2, -0.15) is 0 Å². The average molecular weight is 159 g/mol. The summed E-state index contributed by atoms with van der Waals surface area (Å²) in [5, 5.41) is 0. The number of ether oxygens (including phenoxy) is 1. The summed E-state index contributed by atoms with van der Waals surface area (Å²) in [4.78, 5) is 10.7. The zero-order valence-corrected chi connectivity index (χ0v) is 7.68. The Morgan fingerprint density at radius 2 is 2.00 bits per heavy atom. The Morgan fingerprint density at radius 3 is 2.09 bits per heavy atom. The second-order valence-electron chi connectivity index (χ2n) is 2.84. The van der Waals surface area contributed by atoms with Crippen molar-refractivity contribution in [2.45, 2.75) is 39.3 Å². The molecule has 1 unspecified atom stereocenters. The number of Topliss-reactive ketones (excluding diaryl/α,β-unsaturated/α-hetero) is 1. The molecule has 0 aromatic rings. The molecular weight excluding hydrogens is 142 g/mol. The maximum Gasteiger partial charge on any atom is 0.178 e. The Hall–Kier alpha value is -0.410. The summed E-state index contributed by atoms with van der Waals surface area (Å²) in [5.74, 6) is 0. The molecule has 1 fully saturated rings. The van der Waals surface area contributed by atoms with E-state index in [2.05, 4.69) is 0 Å². The first-order valence-electron chi connectivity index (χ1n) is 3.96. The summed E-state index contributed by atoms with van der Waals surface area (Å²) in [6, 6.07) is -0.433. The fraction of sp³-hybridized carbons (Fsp3) is 0.875. The van der Waals surface area contributed by atoms with Gasteiger partial charge in [-0.3, -0.25) is 4.79 Å². The van der Waals surface area contributed by atoms with Crippen molar-refractivity contribution in [1.29, 1.82) is 0 Å². The van der Waals surface area contributed by atoms with E-state index < -0.39 is 11.6 Å². The normalized spacial score (nSPS) is 27.7. The third kappa shape index (κ3) is 2.27. The number of carbonyl (C=O) groups excluding carboxylic acids is 1. The Labute approximate surface area is 67.9 Å². The SMILES string of the molecule is CC.CC1(C)OCC(=O)C1N. The van der Waals surface area contributed by atoms with Crippen LogP contribution in [0, 0.1) is 0 Å². The molecule has 1 aliphatic heterocycles. The van der Waals surface area contributed by atoms with E-state index in [-0.39, 0.29) is 12.4 Å². The van der Waals surface area contributed by atoms with Crippen molar-refractivity contribution < 1.29 is 9.53 Å². The van der Waals surface area contributed by atoms with Gasteiger partial charge < -0.3 is 10.5 Å². The Bertz CT molecular complexity index is 143. The molecule has 0 radical (unpaired) electrons. The van der Waals surface area contributed by atoms with E-state index in [9.17, 15) is 4.79 Å². The largest absolute Gasteiger partial charge is 0.366 e. The number of carbonyl (C=O) groups is 1. The van der Waals surface area contributed by atoms with Gasteiger partial charge in [0.15, 0.2) is 5.78 Å². The van der Waals surface area contributed by atoms with Crippen LogP contribution in [-0.2, 0) is 9.53 Å². The Kier molecular flexibility index (Phi) is 3.69. The van der Waals surface area contributed by atoms with Crippen molar-refractivity contribution in [1.82, 2.24) is 0 Å². The molecule has 66 valence electrons. The van der Waals surface area contributed by atoms with Crippen molar-refractivity contribution in [3.8, 4) is 0 Å². The molecule has 2 N–H and O–H groups in total. The van der Waals surface area contributed by atoms with Crippen molar-refractivity contribution >= 4 is 5.78 Å². The highest BCUT2D eigenvalue weighted by Crippen LogP contribution is 2.19. The lowest BCUT2D eigenvalue weighted by molar-refractivity contribution is -0.118. The molecule has 1 heterocycles. The summed E-state index contributed by atoms with van der Waals surface area (Å²) in [6.07, 6.45) is 0. The van der Waals surface area contributed by atoms with Gasteiger partial charge >= 0.3 is 0 Å². The van der Waals surface area contributed by atoms with Crippen LogP contribution in [0.25, 0.3) is 0 Å². The summed E-state index contributed by atoms with van der Waals surface area (Å²) >= 11 is 0. The number of ketones is 1. The minimum absolute atomic E-state index is 0. The van der Waals surface area contributed by atoms with Gasteiger partial charge in [-0.25, -0.2) is 0 Å². The summed E-state index contributed by atoms with van der Waals surface area (Å²) in [7, 11) is 0. The molecule has 3 heteroatoms. The molecule has 1 saturated heterocycles. The molecule has 0 aromatic carbocycles. The van der Waals surface area contributed by atoms with E-state index in [0.29, 0.717) is 0 Å². The number of rotatable bonds is 0. The number of hydrogen-bond donors (Lipinski definition) is 1. The third-order valence-corrected chi connectivity index (χ3v) is 1.68. The summed E-state index contributed by atoms with van der Waals surface area (Å²) in [5.41, 5.74) is 5.03. The van der Waals surface area contributed by atoms with Crippen molar-refractivity contribution in [2.75, 3.05) is 6.61 Å². The molecule has 0 amide bonds. The molecule has 0 spiro atoms. The molecule has 0 aromatic heterocycles. The maximum atomic E-state index is 10.7. The van der Waals surface area contributed by atoms with Gasteiger partial charge in [0, 0.05) is 0 Å². The summed E-state index contributed by atoms with van der Waals surface area (Å²) in [6.45, 7) is 7.82. The second kappa shape index (κ2) is 3.83. The fourth-order valence-electron chi connectivity index (χ4n) is 0.824. The van der Waals surface area contributed by atoms with E-state index in [1.807, 2.05) is 27.7 Å². The van der Waals surface area contributed by atoms with Crippen LogP contribution >= 0.6 is 0 Å². The first kappa shape index (κ1) is 10.6. The van der Waals surface area contributed by atoms with Crippen LogP contribution in [0.1, 0.15) is 27.7 Å². The third-order valence-electron chi connectivity index (χ3n) is 1.68. The predicted molar refractivity (Wildman–Crippen MR) is 44.4 cm³/mol. The van der Waals surface area contributed by atoms with Crippen molar-refractivity contribution in [3.63, 3.8) is 0 Å². The number of hydrogen-bond acceptors (Lipinski definition) is 3. The topological polar surface area (TPSA) is 52.3 Å². The van der Waals surface area contributed by atoms with Crippen LogP contribution in [0.4, 0.5) is 0 Å². The fourth-order valence-corrected chi connectivity index (χ4v) is 0.824. The van der Waals surface area contributed by atoms with E-state index >= 15 is 0 Å². The van der Waals surface area contributed by atoms with Crippen molar-refractivity contribution in [3.05, 3.63) is 0 Å². The minimum atomic E-state index is -0.447. The van der Waals surface area contributed by atoms with E-state index in [1.165, 1.54) is 0 Å². The minimum Gasteiger partial charge on any atom is -0.366 e. The van der Waals surface area contributed by atoms with Gasteiger partial charge in [0.2, 0.25) is 0 Å². The molecule has 1 rings (SSSR count). The van der Waals surface area contributed by atoms with Gasteiger partial charge in [-0.05, 0) is 13.8 Å². The van der Waals surface area contributed by atoms with Crippen LogP contribution in [0.15, 0.2) is 0 Å². The monoisotopic (exact) mass is 159 g/mol.